The number of ether oxygens (including phenoxy) is 2. The number of hydrogen-bond donors (Lipinski definition) is 0. The molecule has 14 rings (SSSR count). The maximum Gasteiger partial charge on any atom is 0.130 e. The quantitative estimate of drug-likeness (QED) is 0.0688. The molecule has 12 heterocycles. The Morgan fingerprint density at radius 2 is 0.766 bits per heavy atom. The number of aromatic nitrogens is 8. The number of halogens is 2. The minimum absolute atomic E-state index is 0.534. The highest BCUT2D eigenvalue weighted by atomic mass is 127. The summed E-state index contributed by atoms with van der Waals surface area (Å²) in [4.78, 5) is 43.3. The maximum atomic E-state index is 5.86. The van der Waals surface area contributed by atoms with Crippen LogP contribution < -0.4 is 9.47 Å². The molecule has 0 aliphatic carbocycles. The summed E-state index contributed by atoms with van der Waals surface area (Å²) in [6.45, 7) is 13.2. The van der Waals surface area contributed by atoms with E-state index in [2.05, 4.69) is 185 Å². The van der Waals surface area contributed by atoms with Crippen LogP contribution in [0, 0.1) is 51.2 Å². The number of thiophene rings is 4. The molecule has 0 fully saturated rings. The molecular weight excluding hydrogens is 1400 g/mol. The van der Waals surface area contributed by atoms with Crippen molar-refractivity contribution in [2.45, 2.75) is 39.3 Å². The standard InChI is InChI=1S/C21H14N2OS.C17H16N2SSi.C14H8N2S.C12H7ClN2S.C7H7IO.C5H10Si/c1-24-19-10-5-15(6-11-19)4-8-18-9-7-16-13-20(25-21(16)23-18)17-3-2-12-22-14-17;1-21(2,3)10-8-15-7-6-13-11-16(20-17(13)19-15)14-5-4-9-18-12-14;1-2-12-6-5-10-8-13(17-14(10)16-12)11-4-3-7-15-9-11;13-11-4-3-8-6-10(16-12(8)15-11)9-2-1-5-14-7-9;1-9-7-4-2-6(8)3-5-7;1-5-6(2,3)4/h2-3,5-7,9-14H,1H3;4-7,9,11-12H,1-3H3;1,3-9H;1-7H;2-5H,1H3;1H,2-4H3. The van der Waals surface area contributed by atoms with Crippen molar-refractivity contribution in [1.29, 1.82) is 0 Å². The Balaban J connectivity index is 0.000000139. The summed E-state index contributed by atoms with van der Waals surface area (Å²) in [6.07, 6.45) is 25.0. The van der Waals surface area contributed by atoms with Gasteiger partial charge in [0.2, 0.25) is 0 Å². The van der Waals surface area contributed by atoms with E-state index in [0.717, 1.165) is 106 Å². The normalized spacial score (nSPS) is 10.5. The van der Waals surface area contributed by atoms with E-state index in [4.69, 9.17) is 33.9 Å². The second-order valence-electron chi connectivity index (χ2n) is 22.4. The zero-order valence-corrected chi connectivity index (χ0v) is 60.9. The third kappa shape index (κ3) is 20.9. The van der Waals surface area contributed by atoms with Gasteiger partial charge in [0.25, 0.3) is 0 Å². The predicted octanol–water partition coefficient (Wildman–Crippen LogP) is 20.5. The average Bonchev–Trinajstić information content (AvgIpc) is 1.73. The highest BCUT2D eigenvalue weighted by Gasteiger charge is 2.12. The maximum absolute atomic E-state index is 5.86. The fraction of sp³-hybridized carbons (Fsp3) is 0.105. The zero-order valence-electron chi connectivity index (χ0n) is 52.7. The van der Waals surface area contributed by atoms with Crippen LogP contribution in [0.4, 0.5) is 0 Å². The van der Waals surface area contributed by atoms with Gasteiger partial charge in [0.1, 0.15) is 69.2 Å². The van der Waals surface area contributed by atoms with Gasteiger partial charge >= 0.3 is 0 Å². The van der Waals surface area contributed by atoms with Gasteiger partial charge in [-0.2, -0.15) is 0 Å². The van der Waals surface area contributed by atoms with Gasteiger partial charge < -0.3 is 9.47 Å². The third-order valence-corrected chi connectivity index (χ3v) is 19.9. The first-order chi connectivity index (χ1) is 45.4. The third-order valence-electron chi connectivity index (χ3n) is 12.9. The Hall–Kier alpha value is -9.23. The molecular formula is C76H62ClIN8O2S4Si2. The first-order valence-corrected chi connectivity index (χ1v) is 41.0. The van der Waals surface area contributed by atoms with Crippen molar-refractivity contribution in [3.63, 3.8) is 0 Å². The molecule has 14 aromatic rings. The molecule has 0 aliphatic rings. The first kappa shape index (κ1) is 69.1. The van der Waals surface area contributed by atoms with Crippen molar-refractivity contribution < 1.29 is 9.47 Å². The minimum atomic E-state index is -1.36. The lowest BCUT2D eigenvalue weighted by Gasteiger charge is -2.02. The molecule has 0 atom stereocenters. The molecule has 0 unspecified atom stereocenters. The van der Waals surface area contributed by atoms with E-state index in [1.165, 1.54) is 8.45 Å². The largest absolute Gasteiger partial charge is 0.497 e. The molecule has 0 bridgehead atoms. The van der Waals surface area contributed by atoms with Crippen LogP contribution in [-0.4, -0.2) is 70.2 Å². The lowest BCUT2D eigenvalue weighted by atomic mass is 10.2. The predicted molar refractivity (Wildman–Crippen MR) is 411 cm³/mol. The summed E-state index contributed by atoms with van der Waals surface area (Å²) in [5, 5.41) is 5.06. The molecule has 18 heteroatoms. The number of nitrogens with zero attached hydrogens (tertiary/aromatic N) is 8. The molecule has 10 nitrogen and oxygen atoms in total. The Morgan fingerprint density at radius 1 is 0.415 bits per heavy atom. The minimum Gasteiger partial charge on any atom is -0.497 e. The molecule has 0 spiro atoms. The van der Waals surface area contributed by atoms with Crippen LogP contribution in [-0.2, 0) is 0 Å². The highest BCUT2D eigenvalue weighted by molar-refractivity contribution is 14.1. The van der Waals surface area contributed by atoms with E-state index in [9.17, 15) is 0 Å². The fourth-order valence-electron chi connectivity index (χ4n) is 8.10. The van der Waals surface area contributed by atoms with Gasteiger partial charge in [-0.15, -0.1) is 69.3 Å². The second-order valence-corrected chi connectivity index (χ2v) is 37.7. The fourth-order valence-corrected chi connectivity index (χ4v) is 13.3. The van der Waals surface area contributed by atoms with Crippen LogP contribution in [0.2, 0.25) is 44.4 Å². The van der Waals surface area contributed by atoms with Gasteiger partial charge in [0.15, 0.2) is 0 Å². The summed E-state index contributed by atoms with van der Waals surface area (Å²) >= 11 is 14.7. The van der Waals surface area contributed by atoms with Crippen molar-refractivity contribution in [3.8, 4) is 101 Å². The van der Waals surface area contributed by atoms with Gasteiger partial charge in [-0.05, 0) is 174 Å². The summed E-state index contributed by atoms with van der Waals surface area (Å²) in [5.74, 6) is 13.8. The lowest BCUT2D eigenvalue weighted by Crippen LogP contribution is -2.16. The topological polar surface area (TPSA) is 122 Å². The van der Waals surface area contributed by atoms with E-state index in [0.29, 0.717) is 10.8 Å². The van der Waals surface area contributed by atoms with Gasteiger partial charge in [-0.1, -0.05) is 92.9 Å². The smallest absolute Gasteiger partial charge is 0.130 e. The molecule has 2 aromatic carbocycles. The lowest BCUT2D eigenvalue weighted by molar-refractivity contribution is 0.414. The molecule has 464 valence electrons. The van der Waals surface area contributed by atoms with E-state index in [-0.39, 0.29) is 0 Å². The van der Waals surface area contributed by atoms with Gasteiger partial charge in [0.05, 0.1) is 14.2 Å². The Morgan fingerprint density at radius 3 is 1.12 bits per heavy atom. The Labute approximate surface area is 585 Å². The summed E-state index contributed by atoms with van der Waals surface area (Å²) < 4.78 is 11.4. The molecule has 0 saturated heterocycles. The molecule has 0 aliphatic heterocycles. The van der Waals surface area contributed by atoms with Crippen LogP contribution in [0.25, 0.3) is 82.6 Å². The number of terminal acetylenes is 2. The summed E-state index contributed by atoms with van der Waals surface area (Å²) in [6, 6.07) is 55.9. The van der Waals surface area contributed by atoms with Gasteiger partial charge in [-0.3, -0.25) is 19.9 Å². The molecule has 0 amide bonds. The molecule has 94 heavy (non-hydrogen) atoms. The highest BCUT2D eigenvalue weighted by Crippen LogP contribution is 2.36. The van der Waals surface area contributed by atoms with Crippen molar-refractivity contribution in [2.75, 3.05) is 14.2 Å². The van der Waals surface area contributed by atoms with Crippen LogP contribution in [0.15, 0.2) is 219 Å². The average molecular weight is 1470 g/mol. The molecule has 12 aromatic heterocycles. The van der Waals surface area contributed by atoms with Crippen LogP contribution in [0.5, 0.6) is 11.5 Å². The molecule has 0 saturated carbocycles. The molecule has 0 N–H and O–H groups in total. The van der Waals surface area contributed by atoms with Crippen molar-refractivity contribution >= 4 is 137 Å². The van der Waals surface area contributed by atoms with Gasteiger partial charge in [-0.25, -0.2) is 19.9 Å². The summed E-state index contributed by atoms with van der Waals surface area (Å²) in [5.41, 5.74) is 13.8. The van der Waals surface area contributed by atoms with Crippen LogP contribution in [0.1, 0.15) is 22.6 Å². The number of pyridine rings is 8. The monoisotopic (exact) mass is 1460 g/mol. The summed E-state index contributed by atoms with van der Waals surface area (Å²) in [7, 11) is 0.858. The zero-order chi connectivity index (χ0) is 66.5. The Bertz CT molecular complexity index is 5020. The van der Waals surface area contributed by atoms with Crippen LogP contribution in [0.3, 0.4) is 0 Å². The van der Waals surface area contributed by atoms with E-state index < -0.39 is 16.1 Å². The van der Waals surface area contributed by atoms with Crippen LogP contribution >= 0.6 is 79.5 Å². The molecule has 0 radical (unpaired) electrons. The number of methoxy groups -OCH3 is 2. The van der Waals surface area contributed by atoms with Crippen molar-refractivity contribution in [2.24, 2.45) is 0 Å². The SMILES string of the molecule is C#C[Si](C)(C)C.C#Cc1ccc2cc(-c3cccnc3)sc2n1.COc1ccc(C#Cc2ccc3cc(-c4cccnc4)sc3n2)cc1.COc1ccc(I)cc1.C[Si](C)(C)C#Cc1ccc2cc(-c3cccnc3)sc2n1.Clc1ccc2cc(-c3cccnc3)sc2n1. The number of benzene rings is 2. The number of fused-ring (bicyclic) bond motifs is 4. The first-order valence-electron chi connectivity index (χ1n) is 29.2. The van der Waals surface area contributed by atoms with E-state index in [1.807, 2.05) is 146 Å². The van der Waals surface area contributed by atoms with E-state index in [1.54, 1.807) is 84.4 Å². The number of rotatable bonds is 6. The van der Waals surface area contributed by atoms with Crippen molar-refractivity contribution in [3.05, 3.63) is 251 Å². The van der Waals surface area contributed by atoms with Gasteiger partial charge in [0, 0.05) is 122 Å². The second kappa shape index (κ2) is 33.6. The van der Waals surface area contributed by atoms with Crippen molar-refractivity contribution in [1.82, 2.24) is 39.9 Å². The van der Waals surface area contributed by atoms with E-state index >= 15 is 0 Å². The number of hydrogen-bond acceptors (Lipinski definition) is 14. The Kier molecular flexibility index (Phi) is 24.7.